The van der Waals surface area contributed by atoms with Crippen LogP contribution in [0.4, 0.5) is 0 Å². The van der Waals surface area contributed by atoms with Crippen LogP contribution in [0, 0.1) is 13.8 Å². The molecule has 3 heterocycles. The van der Waals surface area contributed by atoms with Gasteiger partial charge in [0.1, 0.15) is 17.1 Å². The third-order valence-electron chi connectivity index (χ3n) is 4.49. The number of aromatic amines is 1. The molecule has 0 radical (unpaired) electrons. The average molecular weight is 317 g/mol. The summed E-state index contributed by atoms with van der Waals surface area (Å²) in [6.07, 6.45) is 3.98. The number of imidazole rings is 1. The number of amides is 1. The van der Waals surface area contributed by atoms with Crippen molar-refractivity contribution < 1.29 is 14.7 Å². The monoisotopic (exact) mass is 317 g/mol. The number of aryl methyl sites for hydroxylation is 2. The fraction of sp³-hybridized carbons (Fsp3) is 0.467. The Morgan fingerprint density at radius 2 is 2.00 bits per heavy atom. The van der Waals surface area contributed by atoms with Crippen molar-refractivity contribution in [3.63, 3.8) is 0 Å². The number of carbonyl (C=O) groups excluding carboxylic acids is 1. The summed E-state index contributed by atoms with van der Waals surface area (Å²) >= 11 is 0. The van der Waals surface area contributed by atoms with Gasteiger partial charge in [0.2, 0.25) is 0 Å². The van der Waals surface area contributed by atoms with E-state index in [4.69, 9.17) is 0 Å². The summed E-state index contributed by atoms with van der Waals surface area (Å²) in [6, 6.07) is 1.70. The van der Waals surface area contributed by atoms with E-state index in [-0.39, 0.29) is 5.91 Å². The minimum atomic E-state index is -1.04. The molecule has 0 saturated carbocycles. The first-order valence-corrected chi connectivity index (χ1v) is 7.49. The van der Waals surface area contributed by atoms with Crippen molar-refractivity contribution in [3.05, 3.63) is 35.7 Å². The molecule has 122 valence electrons. The van der Waals surface area contributed by atoms with Crippen molar-refractivity contribution >= 4 is 11.9 Å². The predicted molar refractivity (Wildman–Crippen MR) is 81.0 cm³/mol. The maximum atomic E-state index is 12.4. The topological polar surface area (TPSA) is 104 Å². The first-order valence-electron chi connectivity index (χ1n) is 7.49. The molecular weight excluding hydrogens is 298 g/mol. The minimum absolute atomic E-state index is 0.171. The average Bonchev–Trinajstić information content (AvgIpc) is 3.15. The number of aromatic nitrogens is 4. The molecule has 1 aliphatic heterocycles. The van der Waals surface area contributed by atoms with Gasteiger partial charge in [-0.05, 0) is 32.8 Å². The van der Waals surface area contributed by atoms with Crippen molar-refractivity contribution in [1.82, 2.24) is 24.6 Å². The lowest BCUT2D eigenvalue weighted by molar-refractivity contribution is -0.150. The molecule has 1 saturated heterocycles. The van der Waals surface area contributed by atoms with E-state index in [9.17, 15) is 14.7 Å². The molecule has 0 spiro atoms. The number of H-pyrrole nitrogens is 1. The van der Waals surface area contributed by atoms with Crippen LogP contribution in [0.25, 0.3) is 0 Å². The summed E-state index contributed by atoms with van der Waals surface area (Å²) < 4.78 is 1.70. The fourth-order valence-corrected chi connectivity index (χ4v) is 3.16. The summed E-state index contributed by atoms with van der Waals surface area (Å²) in [5, 5.41) is 16.5. The number of carbonyl (C=O) groups is 2. The quantitative estimate of drug-likeness (QED) is 0.876. The summed E-state index contributed by atoms with van der Waals surface area (Å²) in [6.45, 7) is 4.36. The second-order valence-corrected chi connectivity index (χ2v) is 5.91. The smallest absolute Gasteiger partial charge is 0.330 e. The van der Waals surface area contributed by atoms with Crippen LogP contribution in [0.3, 0.4) is 0 Å². The third-order valence-corrected chi connectivity index (χ3v) is 4.49. The van der Waals surface area contributed by atoms with E-state index in [1.807, 2.05) is 6.92 Å². The van der Waals surface area contributed by atoms with Crippen LogP contribution in [0.15, 0.2) is 18.5 Å². The Balaban J connectivity index is 1.80. The number of likely N-dealkylation sites (tertiary alicyclic amines) is 1. The van der Waals surface area contributed by atoms with Crippen molar-refractivity contribution in [3.8, 4) is 0 Å². The van der Waals surface area contributed by atoms with Gasteiger partial charge in [-0.15, -0.1) is 0 Å². The summed E-state index contributed by atoms with van der Waals surface area (Å²) in [7, 11) is 0. The molecule has 2 N–H and O–H groups in total. The van der Waals surface area contributed by atoms with Crippen LogP contribution in [-0.4, -0.2) is 54.7 Å². The van der Waals surface area contributed by atoms with Crippen LogP contribution in [0.5, 0.6) is 0 Å². The standard InChI is InChI=1S/C15H19N5O3/c1-10-9-12(18-17-10)13(21)19-6-3-15(4-7-19,14(22)23)20-8-5-16-11(20)2/h5,8-9H,3-4,6-7H2,1-2H3,(H,17,18)(H,22,23). The Morgan fingerprint density at radius 3 is 2.48 bits per heavy atom. The molecule has 2 aromatic heterocycles. The summed E-state index contributed by atoms with van der Waals surface area (Å²) in [4.78, 5) is 30.1. The lowest BCUT2D eigenvalue weighted by Gasteiger charge is -2.40. The molecule has 1 fully saturated rings. The Kier molecular flexibility index (Phi) is 3.67. The van der Waals surface area contributed by atoms with Crippen LogP contribution in [0.1, 0.15) is 34.8 Å². The Morgan fingerprint density at radius 1 is 1.30 bits per heavy atom. The zero-order chi connectivity index (χ0) is 16.6. The number of piperidine rings is 1. The highest BCUT2D eigenvalue weighted by atomic mass is 16.4. The normalized spacial score (nSPS) is 17.2. The maximum absolute atomic E-state index is 12.4. The summed E-state index contributed by atoms with van der Waals surface area (Å²) in [5.41, 5.74) is 0.141. The van der Waals surface area contributed by atoms with Gasteiger partial charge in [0.25, 0.3) is 5.91 Å². The molecule has 3 rings (SSSR count). The molecule has 23 heavy (non-hydrogen) atoms. The second kappa shape index (κ2) is 5.53. The number of hydrogen-bond donors (Lipinski definition) is 2. The number of hydrogen-bond acceptors (Lipinski definition) is 4. The fourth-order valence-electron chi connectivity index (χ4n) is 3.16. The molecule has 0 unspecified atom stereocenters. The van der Waals surface area contributed by atoms with E-state index in [0.29, 0.717) is 37.4 Å². The van der Waals surface area contributed by atoms with E-state index < -0.39 is 11.5 Å². The number of nitrogens with zero attached hydrogens (tertiary/aromatic N) is 4. The second-order valence-electron chi connectivity index (χ2n) is 5.91. The lowest BCUT2D eigenvalue weighted by Crippen LogP contribution is -2.52. The van der Waals surface area contributed by atoms with Crippen molar-refractivity contribution in [2.75, 3.05) is 13.1 Å². The largest absolute Gasteiger partial charge is 0.479 e. The van der Waals surface area contributed by atoms with Crippen molar-refractivity contribution in [2.45, 2.75) is 32.2 Å². The van der Waals surface area contributed by atoms with E-state index in [2.05, 4.69) is 15.2 Å². The predicted octanol–water partition coefficient (Wildman–Crippen LogP) is 0.939. The van der Waals surface area contributed by atoms with E-state index in [1.165, 1.54) is 0 Å². The lowest BCUT2D eigenvalue weighted by atomic mass is 9.86. The van der Waals surface area contributed by atoms with E-state index in [1.54, 1.807) is 34.9 Å². The number of rotatable bonds is 3. The highest BCUT2D eigenvalue weighted by Crippen LogP contribution is 2.32. The SMILES string of the molecule is Cc1cc(C(=O)N2CCC(C(=O)O)(n3ccnc3C)CC2)n[nH]1. The number of aliphatic carboxylic acids is 1. The van der Waals surface area contributed by atoms with Gasteiger partial charge in [-0.3, -0.25) is 9.89 Å². The highest BCUT2D eigenvalue weighted by molar-refractivity contribution is 5.92. The molecular formula is C15H19N5O3. The van der Waals surface area contributed by atoms with Gasteiger partial charge in [-0.25, -0.2) is 9.78 Å². The number of carboxylic acid groups (broad SMARTS) is 1. The van der Waals surface area contributed by atoms with Crippen LogP contribution in [0.2, 0.25) is 0 Å². The van der Waals surface area contributed by atoms with E-state index >= 15 is 0 Å². The minimum Gasteiger partial charge on any atom is -0.479 e. The van der Waals surface area contributed by atoms with Gasteiger partial charge >= 0.3 is 5.97 Å². The zero-order valence-electron chi connectivity index (χ0n) is 13.1. The third kappa shape index (κ3) is 2.49. The molecule has 8 nitrogen and oxygen atoms in total. The van der Waals surface area contributed by atoms with Gasteiger partial charge in [0, 0.05) is 31.2 Å². The maximum Gasteiger partial charge on any atom is 0.330 e. The molecule has 0 atom stereocenters. The highest BCUT2D eigenvalue weighted by Gasteiger charge is 2.44. The Bertz CT molecular complexity index is 740. The Hall–Kier alpha value is -2.64. The molecule has 1 aliphatic rings. The van der Waals surface area contributed by atoms with Crippen LogP contribution >= 0.6 is 0 Å². The molecule has 0 aliphatic carbocycles. The molecule has 0 aromatic carbocycles. The van der Waals surface area contributed by atoms with Crippen LogP contribution in [-0.2, 0) is 10.3 Å². The van der Waals surface area contributed by atoms with E-state index in [0.717, 1.165) is 5.69 Å². The van der Waals surface area contributed by atoms with Gasteiger partial charge in [0.05, 0.1) is 0 Å². The van der Waals surface area contributed by atoms with Gasteiger partial charge < -0.3 is 14.6 Å². The molecule has 2 aromatic rings. The first-order chi connectivity index (χ1) is 10.9. The zero-order valence-corrected chi connectivity index (χ0v) is 13.1. The van der Waals surface area contributed by atoms with Crippen molar-refractivity contribution in [1.29, 1.82) is 0 Å². The van der Waals surface area contributed by atoms with Gasteiger partial charge in [-0.2, -0.15) is 5.10 Å². The molecule has 0 bridgehead atoms. The van der Waals surface area contributed by atoms with Crippen molar-refractivity contribution in [2.24, 2.45) is 0 Å². The van der Waals surface area contributed by atoms with Gasteiger partial charge in [-0.1, -0.05) is 0 Å². The van der Waals surface area contributed by atoms with Gasteiger partial charge in [0.15, 0.2) is 0 Å². The molecule has 8 heteroatoms. The molecule has 1 amide bonds. The summed E-state index contributed by atoms with van der Waals surface area (Å²) in [5.74, 6) is -0.396. The first kappa shape index (κ1) is 15.3. The number of carboxylic acids is 1. The Labute approximate surface area is 133 Å². The van der Waals surface area contributed by atoms with Crippen LogP contribution < -0.4 is 0 Å². The number of nitrogens with one attached hydrogen (secondary N) is 1.